The smallest absolute Gasteiger partial charge is 0.273 e. The van der Waals surface area contributed by atoms with Crippen molar-refractivity contribution in [2.45, 2.75) is 64.1 Å². The van der Waals surface area contributed by atoms with Gasteiger partial charge in [-0.15, -0.1) is 23.7 Å². The van der Waals surface area contributed by atoms with Crippen LogP contribution in [-0.2, 0) is 22.4 Å². The summed E-state index contributed by atoms with van der Waals surface area (Å²) in [5.41, 5.74) is 8.38. The van der Waals surface area contributed by atoms with Crippen LogP contribution in [0.3, 0.4) is 0 Å². The Hall–Kier alpha value is -3.87. The zero-order valence-corrected chi connectivity index (χ0v) is 28.2. The highest BCUT2D eigenvalue weighted by Crippen LogP contribution is 2.24. The van der Waals surface area contributed by atoms with Gasteiger partial charge >= 0.3 is 0 Å². The second kappa shape index (κ2) is 16.3. The van der Waals surface area contributed by atoms with Gasteiger partial charge in [-0.1, -0.05) is 50.2 Å². The molecular formula is C34H42ClFN6O4S. The van der Waals surface area contributed by atoms with E-state index in [1.54, 1.807) is 11.4 Å². The molecule has 3 aromatic rings. The van der Waals surface area contributed by atoms with Gasteiger partial charge in [-0.05, 0) is 61.3 Å². The molecule has 0 saturated carbocycles. The number of carbonyl (C=O) groups is 4. The Kier molecular flexibility index (Phi) is 12.5. The van der Waals surface area contributed by atoms with Gasteiger partial charge in [0, 0.05) is 31.1 Å². The average Bonchev–Trinajstić information content (AvgIpc) is 3.73. The monoisotopic (exact) mass is 684 g/mol. The van der Waals surface area contributed by atoms with Crippen molar-refractivity contribution in [2.75, 3.05) is 26.2 Å². The van der Waals surface area contributed by atoms with Crippen LogP contribution in [0.5, 0.6) is 0 Å². The summed E-state index contributed by atoms with van der Waals surface area (Å²) in [6.07, 6.45) is 2.68. The van der Waals surface area contributed by atoms with Crippen LogP contribution in [0.1, 0.15) is 76.1 Å². The van der Waals surface area contributed by atoms with Crippen LogP contribution >= 0.6 is 23.7 Å². The summed E-state index contributed by atoms with van der Waals surface area (Å²) in [7, 11) is 0. The number of thiazole rings is 1. The van der Waals surface area contributed by atoms with Crippen molar-refractivity contribution in [3.05, 3.63) is 87.1 Å². The SMILES string of the molecule is CC(C)[C@@H]1CN(C(=O)c2csc([C@@H](N)Cc3ccccc3)n2)CC(=O)NCCCc2ccc(F)c(c2)C(=O)N2CCC[C@H]2C(=O)N1.Cl. The Labute approximate surface area is 284 Å². The van der Waals surface area contributed by atoms with E-state index in [1.165, 1.54) is 33.3 Å². The summed E-state index contributed by atoms with van der Waals surface area (Å²) < 4.78 is 14.8. The van der Waals surface area contributed by atoms with Gasteiger partial charge in [0.05, 0.1) is 18.2 Å². The fourth-order valence-corrected chi connectivity index (χ4v) is 6.71. The lowest BCUT2D eigenvalue weighted by Gasteiger charge is -2.32. The molecule has 252 valence electrons. The normalized spacial score (nSPS) is 20.1. The number of aryl methyl sites for hydroxylation is 1. The van der Waals surface area contributed by atoms with E-state index in [4.69, 9.17) is 5.73 Å². The van der Waals surface area contributed by atoms with Crippen molar-refractivity contribution in [1.29, 1.82) is 0 Å². The van der Waals surface area contributed by atoms with Gasteiger partial charge < -0.3 is 26.2 Å². The van der Waals surface area contributed by atoms with E-state index in [0.717, 1.165) is 11.1 Å². The van der Waals surface area contributed by atoms with Crippen LogP contribution in [0.15, 0.2) is 53.9 Å². The molecule has 0 spiro atoms. The van der Waals surface area contributed by atoms with Gasteiger partial charge in [0.25, 0.3) is 11.8 Å². The van der Waals surface area contributed by atoms with E-state index in [0.29, 0.717) is 50.2 Å². The first-order valence-corrected chi connectivity index (χ1v) is 16.7. The Morgan fingerprint density at radius 2 is 1.89 bits per heavy atom. The lowest BCUT2D eigenvalue weighted by Crippen LogP contribution is -2.55. The molecule has 2 aromatic carbocycles. The number of amides is 4. The van der Waals surface area contributed by atoms with Crippen LogP contribution in [0.2, 0.25) is 0 Å². The molecule has 0 unspecified atom stereocenters. The zero-order valence-electron chi connectivity index (χ0n) is 26.6. The van der Waals surface area contributed by atoms with Gasteiger partial charge in [-0.25, -0.2) is 9.37 Å². The molecule has 2 aliphatic heterocycles. The maximum atomic E-state index is 14.8. The van der Waals surface area contributed by atoms with Crippen molar-refractivity contribution >= 4 is 47.4 Å². The summed E-state index contributed by atoms with van der Waals surface area (Å²) in [4.78, 5) is 61.6. The highest BCUT2D eigenvalue weighted by atomic mass is 35.5. The van der Waals surface area contributed by atoms with E-state index in [2.05, 4.69) is 15.6 Å². The predicted molar refractivity (Wildman–Crippen MR) is 181 cm³/mol. The minimum Gasteiger partial charge on any atom is -0.355 e. The standard InChI is InChI=1S/C34H41FN6O4S.ClH/c1-21(2)27-18-40(34(45)28-20-46-32(39-28)26(36)17-22-8-4-3-5-9-22)19-30(42)37-14-6-10-23-12-13-25(35)24(16-23)33(44)41-15-7-11-29(41)31(43)38-27;/h3-5,8-9,12-13,16,20-21,26-27,29H,6-7,10-11,14-15,17-19,36H2,1-2H3,(H,37,42)(H,38,43);1H/t26-,27-,29-;/m0./s1. The van der Waals surface area contributed by atoms with Crippen molar-refractivity contribution in [3.8, 4) is 0 Å². The lowest BCUT2D eigenvalue weighted by molar-refractivity contribution is -0.126. The summed E-state index contributed by atoms with van der Waals surface area (Å²) in [5, 5.41) is 8.17. The highest BCUT2D eigenvalue weighted by Gasteiger charge is 2.37. The maximum absolute atomic E-state index is 14.8. The van der Waals surface area contributed by atoms with Crippen LogP contribution in [-0.4, -0.2) is 76.7 Å². The fourth-order valence-electron chi connectivity index (χ4n) is 5.91. The van der Waals surface area contributed by atoms with E-state index in [1.807, 2.05) is 44.2 Å². The Balaban J connectivity index is 0.00000500. The molecule has 1 aromatic heterocycles. The summed E-state index contributed by atoms with van der Waals surface area (Å²) in [6, 6.07) is 12.5. The topological polar surface area (TPSA) is 138 Å². The third kappa shape index (κ3) is 8.94. The van der Waals surface area contributed by atoms with Gasteiger partial charge in [-0.3, -0.25) is 19.2 Å². The Bertz CT molecular complexity index is 1570. The van der Waals surface area contributed by atoms with Crippen molar-refractivity contribution < 1.29 is 23.6 Å². The minimum absolute atomic E-state index is 0. The first kappa shape index (κ1) is 36.0. The molecule has 0 aliphatic carbocycles. The van der Waals surface area contributed by atoms with Crippen molar-refractivity contribution in [3.63, 3.8) is 0 Å². The summed E-state index contributed by atoms with van der Waals surface area (Å²) >= 11 is 1.30. The fraction of sp³-hybridized carbons (Fsp3) is 0.441. The molecule has 13 heteroatoms. The molecular weight excluding hydrogens is 643 g/mol. The lowest BCUT2D eigenvalue weighted by atomic mass is 10.0. The third-order valence-corrected chi connectivity index (χ3v) is 9.55. The molecule has 4 N–H and O–H groups in total. The molecule has 3 atom stereocenters. The number of rotatable bonds is 5. The number of nitrogens with two attached hydrogens (primary N) is 1. The van der Waals surface area contributed by atoms with Gasteiger partial charge in [0.2, 0.25) is 11.8 Å². The van der Waals surface area contributed by atoms with Crippen molar-refractivity contribution in [1.82, 2.24) is 25.4 Å². The number of hydrogen-bond donors (Lipinski definition) is 3. The first-order valence-electron chi connectivity index (χ1n) is 15.8. The quantitative estimate of drug-likeness (QED) is 0.373. The van der Waals surface area contributed by atoms with E-state index < -0.39 is 35.8 Å². The second-order valence-corrected chi connectivity index (χ2v) is 13.2. The number of nitrogens with one attached hydrogen (secondary N) is 2. The molecule has 2 aliphatic rings. The average molecular weight is 685 g/mol. The van der Waals surface area contributed by atoms with Gasteiger partial charge in [0.1, 0.15) is 22.6 Å². The molecule has 0 radical (unpaired) electrons. The Morgan fingerprint density at radius 3 is 2.64 bits per heavy atom. The second-order valence-electron chi connectivity index (χ2n) is 12.3. The van der Waals surface area contributed by atoms with Crippen LogP contribution in [0, 0.1) is 11.7 Å². The number of hydrogen-bond acceptors (Lipinski definition) is 7. The Morgan fingerprint density at radius 1 is 1.13 bits per heavy atom. The number of nitrogens with zero attached hydrogens (tertiary/aromatic N) is 3. The van der Waals surface area contributed by atoms with E-state index in [9.17, 15) is 23.6 Å². The van der Waals surface area contributed by atoms with E-state index in [-0.39, 0.29) is 54.5 Å². The predicted octanol–water partition coefficient (Wildman–Crippen LogP) is 3.90. The van der Waals surface area contributed by atoms with Crippen LogP contribution in [0.4, 0.5) is 4.39 Å². The zero-order chi connectivity index (χ0) is 32.8. The molecule has 10 nitrogen and oxygen atoms in total. The first-order chi connectivity index (χ1) is 22.1. The molecule has 1 fully saturated rings. The molecule has 1 saturated heterocycles. The van der Waals surface area contributed by atoms with Crippen LogP contribution < -0.4 is 16.4 Å². The van der Waals surface area contributed by atoms with E-state index >= 15 is 0 Å². The summed E-state index contributed by atoms with van der Waals surface area (Å²) in [6.45, 7) is 4.32. The molecule has 3 heterocycles. The van der Waals surface area contributed by atoms with Gasteiger partial charge in [0.15, 0.2) is 0 Å². The van der Waals surface area contributed by atoms with Gasteiger partial charge in [-0.2, -0.15) is 0 Å². The third-order valence-electron chi connectivity index (χ3n) is 8.57. The minimum atomic E-state index is -0.771. The number of benzene rings is 2. The molecule has 47 heavy (non-hydrogen) atoms. The van der Waals surface area contributed by atoms with Crippen LogP contribution in [0.25, 0.3) is 0 Å². The molecule has 4 amide bonds. The van der Waals surface area contributed by atoms with Crippen molar-refractivity contribution in [2.24, 2.45) is 11.7 Å². The number of aromatic nitrogens is 1. The molecule has 2 bridgehead atoms. The number of carbonyl (C=O) groups excluding carboxylic acids is 4. The number of halogens is 2. The molecule has 5 rings (SSSR count). The largest absolute Gasteiger partial charge is 0.355 e. The highest BCUT2D eigenvalue weighted by molar-refractivity contribution is 7.09. The maximum Gasteiger partial charge on any atom is 0.273 e. The summed E-state index contributed by atoms with van der Waals surface area (Å²) in [5.74, 6) is -2.42. The number of fused-ring (bicyclic) bond motifs is 3.